The van der Waals surface area contributed by atoms with Gasteiger partial charge in [-0.3, -0.25) is 9.97 Å². The van der Waals surface area contributed by atoms with Gasteiger partial charge in [0.15, 0.2) is 0 Å². The summed E-state index contributed by atoms with van der Waals surface area (Å²) >= 11 is 0. The van der Waals surface area contributed by atoms with Gasteiger partial charge in [0.25, 0.3) is 0 Å². The van der Waals surface area contributed by atoms with Gasteiger partial charge in [-0.25, -0.2) is 9.36 Å². The summed E-state index contributed by atoms with van der Waals surface area (Å²) in [4.78, 5) is 8.66. The molecule has 0 saturated heterocycles. The van der Waals surface area contributed by atoms with Crippen molar-refractivity contribution in [3.8, 4) is 22.8 Å². The highest BCUT2D eigenvalue weighted by molar-refractivity contribution is 5.52. The van der Waals surface area contributed by atoms with Crippen LogP contribution in [-0.4, -0.2) is 40.0 Å². The van der Waals surface area contributed by atoms with E-state index in [4.69, 9.17) is 0 Å². The summed E-state index contributed by atoms with van der Waals surface area (Å²) in [6.45, 7) is 1.22. The quantitative estimate of drug-likeness (QED) is 0.440. The molecule has 0 atom stereocenters. The van der Waals surface area contributed by atoms with Gasteiger partial charge in [0, 0.05) is 12.4 Å². The molecule has 1 aromatic carbocycles. The summed E-state index contributed by atoms with van der Waals surface area (Å²) in [5, 5.41) is 17.0. The number of rotatable bonds is 6. The smallest absolute Gasteiger partial charge is 0.131 e. The molecule has 0 aliphatic rings. The third-order valence-corrected chi connectivity index (χ3v) is 4.72. The van der Waals surface area contributed by atoms with Crippen LogP contribution in [0.5, 0.6) is 0 Å². The van der Waals surface area contributed by atoms with Crippen LogP contribution in [0.3, 0.4) is 0 Å². The lowest BCUT2D eigenvalue weighted by atomic mass is 10.1. The summed E-state index contributed by atoms with van der Waals surface area (Å²) in [5.74, 6) is 0. The van der Waals surface area contributed by atoms with Crippen LogP contribution < -0.4 is 0 Å². The van der Waals surface area contributed by atoms with E-state index in [2.05, 4.69) is 42.7 Å². The van der Waals surface area contributed by atoms with Gasteiger partial charge in [-0.1, -0.05) is 46.8 Å². The molecule has 5 rings (SSSR count). The summed E-state index contributed by atoms with van der Waals surface area (Å²) in [5.41, 5.74) is 5.41. The average molecular weight is 394 g/mol. The van der Waals surface area contributed by atoms with Gasteiger partial charge >= 0.3 is 0 Å². The molecule has 0 bridgehead atoms. The normalized spacial score (nSPS) is 10.9. The van der Waals surface area contributed by atoms with Crippen LogP contribution in [0.4, 0.5) is 0 Å². The zero-order chi connectivity index (χ0) is 20.2. The van der Waals surface area contributed by atoms with Crippen molar-refractivity contribution in [2.75, 3.05) is 0 Å². The fourth-order valence-electron chi connectivity index (χ4n) is 3.23. The van der Waals surface area contributed by atoms with Gasteiger partial charge in [0.2, 0.25) is 0 Å². The molecule has 8 nitrogen and oxygen atoms in total. The zero-order valence-corrected chi connectivity index (χ0v) is 16.1. The van der Waals surface area contributed by atoms with Crippen molar-refractivity contribution in [2.24, 2.45) is 0 Å². The van der Waals surface area contributed by atoms with Crippen LogP contribution in [0.15, 0.2) is 85.5 Å². The molecule has 0 amide bonds. The number of benzene rings is 1. The first kappa shape index (κ1) is 17.9. The SMILES string of the molecule is c1ccc(-c2cn(Cc3ccccc3Cn3cc(-c4ccccn4)nn3)nn2)nc1. The highest BCUT2D eigenvalue weighted by Crippen LogP contribution is 2.17. The second-order valence-electron chi connectivity index (χ2n) is 6.80. The van der Waals surface area contributed by atoms with E-state index in [1.165, 1.54) is 0 Å². The number of aromatic nitrogens is 8. The van der Waals surface area contributed by atoms with Gasteiger partial charge < -0.3 is 0 Å². The average Bonchev–Trinajstić information content (AvgIpc) is 3.46. The topological polar surface area (TPSA) is 87.2 Å². The second-order valence-corrected chi connectivity index (χ2v) is 6.80. The Bertz CT molecular complexity index is 1150. The molecule has 0 N–H and O–H groups in total. The van der Waals surface area contributed by atoms with Crippen LogP contribution in [-0.2, 0) is 13.1 Å². The van der Waals surface area contributed by atoms with Crippen molar-refractivity contribution in [3.05, 3.63) is 96.6 Å². The summed E-state index contributed by atoms with van der Waals surface area (Å²) in [6.07, 6.45) is 7.32. The van der Waals surface area contributed by atoms with E-state index in [0.29, 0.717) is 13.1 Å². The third kappa shape index (κ3) is 3.83. The van der Waals surface area contributed by atoms with Gasteiger partial charge in [-0.15, -0.1) is 10.2 Å². The van der Waals surface area contributed by atoms with Crippen LogP contribution in [0.25, 0.3) is 22.8 Å². The minimum Gasteiger partial charge on any atom is -0.254 e. The van der Waals surface area contributed by atoms with Crippen molar-refractivity contribution in [1.29, 1.82) is 0 Å². The Morgan fingerprint density at radius 2 is 1.00 bits per heavy atom. The minimum atomic E-state index is 0.609. The molecule has 5 aromatic rings. The molecule has 0 fully saturated rings. The van der Waals surface area contributed by atoms with E-state index in [0.717, 1.165) is 33.9 Å². The van der Waals surface area contributed by atoms with Gasteiger partial charge in [-0.2, -0.15) is 0 Å². The number of nitrogens with zero attached hydrogens (tertiary/aromatic N) is 8. The van der Waals surface area contributed by atoms with Crippen molar-refractivity contribution < 1.29 is 0 Å². The molecule has 146 valence electrons. The van der Waals surface area contributed by atoms with Gasteiger partial charge in [0.1, 0.15) is 11.4 Å². The van der Waals surface area contributed by atoms with E-state index in [1.54, 1.807) is 12.4 Å². The highest BCUT2D eigenvalue weighted by Gasteiger charge is 2.10. The molecule has 4 heterocycles. The molecule has 0 aliphatic carbocycles. The first-order chi connectivity index (χ1) is 14.8. The van der Waals surface area contributed by atoms with Crippen LogP contribution >= 0.6 is 0 Å². The molecular formula is C22H18N8. The predicted molar refractivity (Wildman–Crippen MR) is 111 cm³/mol. The van der Waals surface area contributed by atoms with E-state index in [9.17, 15) is 0 Å². The maximum Gasteiger partial charge on any atom is 0.131 e. The Morgan fingerprint density at radius 1 is 0.533 bits per heavy atom. The molecular weight excluding hydrogens is 376 g/mol. The molecule has 8 heteroatoms. The monoisotopic (exact) mass is 394 g/mol. The molecule has 0 radical (unpaired) electrons. The summed E-state index contributed by atoms with van der Waals surface area (Å²) < 4.78 is 3.65. The fraction of sp³-hybridized carbons (Fsp3) is 0.0909. The van der Waals surface area contributed by atoms with Gasteiger partial charge in [-0.05, 0) is 35.4 Å². The van der Waals surface area contributed by atoms with Crippen LogP contribution in [0, 0.1) is 0 Å². The van der Waals surface area contributed by atoms with Crippen LogP contribution in [0.2, 0.25) is 0 Å². The standard InChI is InChI=1S/C22H18N8/c1-2-8-18(14-30-16-22(26-28-30)20-10-4-6-12-24-20)17(7-1)13-29-15-21(25-27-29)19-9-3-5-11-23-19/h1-12,15-16H,13-14H2. The lowest BCUT2D eigenvalue weighted by molar-refractivity contribution is 0.621. The second kappa shape index (κ2) is 8.04. The van der Waals surface area contributed by atoms with Crippen LogP contribution in [0.1, 0.15) is 11.1 Å². The Hall–Kier alpha value is -4.20. The molecule has 0 spiro atoms. The van der Waals surface area contributed by atoms with Crippen molar-refractivity contribution in [2.45, 2.75) is 13.1 Å². The van der Waals surface area contributed by atoms with E-state index in [1.807, 2.05) is 70.3 Å². The Kier molecular flexibility index (Phi) is 4.79. The van der Waals surface area contributed by atoms with E-state index >= 15 is 0 Å². The fourth-order valence-corrected chi connectivity index (χ4v) is 3.23. The Balaban J connectivity index is 1.35. The van der Waals surface area contributed by atoms with E-state index in [-0.39, 0.29) is 0 Å². The number of pyridine rings is 2. The maximum atomic E-state index is 4.33. The van der Waals surface area contributed by atoms with Crippen molar-refractivity contribution in [3.63, 3.8) is 0 Å². The molecule has 0 saturated carbocycles. The molecule has 0 aliphatic heterocycles. The lowest BCUT2D eigenvalue weighted by Gasteiger charge is -2.09. The first-order valence-electron chi connectivity index (χ1n) is 9.55. The minimum absolute atomic E-state index is 0.609. The maximum absolute atomic E-state index is 4.33. The number of hydrogen-bond acceptors (Lipinski definition) is 6. The van der Waals surface area contributed by atoms with Crippen molar-refractivity contribution in [1.82, 2.24) is 40.0 Å². The van der Waals surface area contributed by atoms with Crippen molar-refractivity contribution >= 4 is 0 Å². The molecule has 4 aromatic heterocycles. The molecule has 30 heavy (non-hydrogen) atoms. The summed E-state index contributed by atoms with van der Waals surface area (Å²) in [6, 6.07) is 19.7. The summed E-state index contributed by atoms with van der Waals surface area (Å²) in [7, 11) is 0. The number of hydrogen-bond donors (Lipinski definition) is 0. The first-order valence-corrected chi connectivity index (χ1v) is 9.55. The zero-order valence-electron chi connectivity index (χ0n) is 16.1. The third-order valence-electron chi connectivity index (χ3n) is 4.72. The van der Waals surface area contributed by atoms with Gasteiger partial charge in [0.05, 0.1) is 36.9 Å². The Labute approximate surface area is 172 Å². The Morgan fingerprint density at radius 3 is 1.43 bits per heavy atom. The van der Waals surface area contributed by atoms with E-state index < -0.39 is 0 Å². The predicted octanol–water partition coefficient (Wildman–Crippen LogP) is 3.09. The largest absolute Gasteiger partial charge is 0.254 e. The molecule has 0 unspecified atom stereocenters. The lowest BCUT2D eigenvalue weighted by Crippen LogP contribution is -2.07. The highest BCUT2D eigenvalue weighted by atomic mass is 15.4.